The smallest absolute Gasteiger partial charge is 0.354 e. The van der Waals surface area contributed by atoms with Crippen molar-refractivity contribution in [2.45, 2.75) is 6.54 Å². The maximum Gasteiger partial charge on any atom is 0.354 e. The highest BCUT2D eigenvalue weighted by molar-refractivity contribution is 5.89. The van der Waals surface area contributed by atoms with Gasteiger partial charge in [0.15, 0.2) is 0 Å². The van der Waals surface area contributed by atoms with Gasteiger partial charge in [0.25, 0.3) is 0 Å². The van der Waals surface area contributed by atoms with Gasteiger partial charge in [0.1, 0.15) is 11.5 Å². The fourth-order valence-electron chi connectivity index (χ4n) is 1.89. The third-order valence-electron chi connectivity index (χ3n) is 2.83. The number of esters is 1. The van der Waals surface area contributed by atoms with E-state index in [2.05, 4.69) is 4.74 Å². The highest BCUT2D eigenvalue weighted by Gasteiger charge is 2.15. The van der Waals surface area contributed by atoms with Crippen LogP contribution in [0.25, 0.3) is 0 Å². The van der Waals surface area contributed by atoms with Gasteiger partial charge in [-0.3, -0.25) is 0 Å². The number of nitriles is 1. The highest BCUT2D eigenvalue weighted by atomic mass is 19.1. The Balaban J connectivity index is 2.40. The number of carbonyl (C=O) groups is 1. The Morgan fingerprint density at radius 1 is 1.50 bits per heavy atom. The molecule has 1 aromatic carbocycles. The van der Waals surface area contributed by atoms with E-state index >= 15 is 0 Å². The SMILES string of the molecule is COC(=O)c1cc(N)cn1Cc1cc(C#N)ccc1F. The lowest BCUT2D eigenvalue weighted by molar-refractivity contribution is 0.0589. The number of aromatic nitrogens is 1. The average Bonchev–Trinajstić information content (AvgIpc) is 2.81. The van der Waals surface area contributed by atoms with Crippen molar-refractivity contribution in [1.82, 2.24) is 4.57 Å². The number of rotatable bonds is 3. The van der Waals surface area contributed by atoms with Crippen LogP contribution >= 0.6 is 0 Å². The fourth-order valence-corrected chi connectivity index (χ4v) is 1.89. The first kappa shape index (κ1) is 13.6. The molecule has 1 aromatic heterocycles. The van der Waals surface area contributed by atoms with E-state index in [9.17, 15) is 9.18 Å². The van der Waals surface area contributed by atoms with Crippen LogP contribution in [-0.2, 0) is 11.3 Å². The van der Waals surface area contributed by atoms with Crippen molar-refractivity contribution in [2.75, 3.05) is 12.8 Å². The van der Waals surface area contributed by atoms with Crippen LogP contribution in [0, 0.1) is 17.1 Å². The lowest BCUT2D eigenvalue weighted by Crippen LogP contribution is -2.11. The van der Waals surface area contributed by atoms with Gasteiger partial charge in [-0.05, 0) is 24.3 Å². The Kier molecular flexibility index (Phi) is 3.71. The molecule has 0 atom stereocenters. The number of nitrogen functional groups attached to an aromatic ring is 1. The number of nitrogens with two attached hydrogens (primary N) is 1. The zero-order chi connectivity index (χ0) is 14.7. The molecule has 0 unspecified atom stereocenters. The molecule has 0 aliphatic heterocycles. The Bertz CT molecular complexity index is 701. The summed E-state index contributed by atoms with van der Waals surface area (Å²) < 4.78 is 19.9. The van der Waals surface area contributed by atoms with Gasteiger partial charge in [0.05, 0.1) is 31.0 Å². The number of halogens is 1. The standard InChI is InChI=1S/C14H12FN3O2/c1-20-14(19)13-5-11(17)8-18(13)7-10-4-9(6-16)2-3-12(10)15/h2-5,8H,7,17H2,1H3. The van der Waals surface area contributed by atoms with Crippen LogP contribution in [0.5, 0.6) is 0 Å². The predicted molar refractivity (Wildman–Crippen MR) is 70.4 cm³/mol. The fraction of sp³-hybridized carbons (Fsp3) is 0.143. The zero-order valence-corrected chi connectivity index (χ0v) is 10.8. The van der Waals surface area contributed by atoms with E-state index in [0.29, 0.717) is 16.8 Å². The first-order valence-corrected chi connectivity index (χ1v) is 5.77. The van der Waals surface area contributed by atoms with Crippen LogP contribution in [0.2, 0.25) is 0 Å². The summed E-state index contributed by atoms with van der Waals surface area (Å²) in [5, 5.41) is 8.83. The van der Waals surface area contributed by atoms with Crippen molar-refractivity contribution in [3.05, 3.63) is 53.1 Å². The van der Waals surface area contributed by atoms with Crippen LogP contribution in [0.1, 0.15) is 21.6 Å². The summed E-state index contributed by atoms with van der Waals surface area (Å²) in [5.41, 5.74) is 6.89. The maximum absolute atomic E-state index is 13.7. The predicted octanol–water partition coefficient (Wildman–Crippen LogP) is 1.92. The number of hydrogen-bond donors (Lipinski definition) is 1. The highest BCUT2D eigenvalue weighted by Crippen LogP contribution is 2.17. The topological polar surface area (TPSA) is 81.0 Å². The van der Waals surface area contributed by atoms with Crippen LogP contribution in [-0.4, -0.2) is 17.6 Å². The molecule has 0 amide bonds. The molecule has 6 heteroatoms. The molecule has 0 spiro atoms. The van der Waals surface area contributed by atoms with Crippen molar-refractivity contribution < 1.29 is 13.9 Å². The lowest BCUT2D eigenvalue weighted by Gasteiger charge is -2.09. The van der Waals surface area contributed by atoms with Crippen LogP contribution < -0.4 is 5.73 Å². The van der Waals surface area contributed by atoms with Gasteiger partial charge in [0.2, 0.25) is 0 Å². The van der Waals surface area contributed by atoms with Gasteiger partial charge < -0.3 is 15.0 Å². The molecule has 1 heterocycles. The zero-order valence-electron chi connectivity index (χ0n) is 10.8. The van der Waals surface area contributed by atoms with Crippen LogP contribution in [0.3, 0.4) is 0 Å². The monoisotopic (exact) mass is 273 g/mol. The van der Waals surface area contributed by atoms with Crippen LogP contribution in [0.4, 0.5) is 10.1 Å². The minimum absolute atomic E-state index is 0.0863. The summed E-state index contributed by atoms with van der Waals surface area (Å²) in [5.74, 6) is -1.01. The van der Waals surface area contributed by atoms with Gasteiger partial charge in [-0.15, -0.1) is 0 Å². The summed E-state index contributed by atoms with van der Waals surface area (Å²) in [7, 11) is 1.26. The van der Waals surface area contributed by atoms with Gasteiger partial charge in [-0.1, -0.05) is 0 Å². The number of hydrogen-bond acceptors (Lipinski definition) is 4. The minimum atomic E-state index is -0.557. The normalized spacial score (nSPS) is 10.1. The largest absolute Gasteiger partial charge is 0.464 e. The molecule has 2 aromatic rings. The Hall–Kier alpha value is -2.81. The molecular formula is C14H12FN3O2. The number of ether oxygens (including phenoxy) is 1. The van der Waals surface area contributed by atoms with E-state index in [1.807, 2.05) is 6.07 Å². The van der Waals surface area contributed by atoms with Crippen molar-refractivity contribution in [3.8, 4) is 6.07 Å². The van der Waals surface area contributed by atoms with Crippen molar-refractivity contribution in [2.24, 2.45) is 0 Å². The summed E-state index contributed by atoms with van der Waals surface area (Å²) in [6.45, 7) is 0.0863. The second kappa shape index (κ2) is 5.45. The Labute approximate surface area is 115 Å². The molecule has 0 aliphatic rings. The second-order valence-electron chi connectivity index (χ2n) is 4.20. The first-order valence-electron chi connectivity index (χ1n) is 5.77. The molecule has 102 valence electrons. The van der Waals surface area contributed by atoms with Gasteiger partial charge in [-0.2, -0.15) is 5.26 Å². The molecule has 0 radical (unpaired) electrons. The van der Waals surface area contributed by atoms with E-state index in [1.54, 1.807) is 0 Å². The number of anilines is 1. The summed E-state index contributed by atoms with van der Waals surface area (Å²) in [4.78, 5) is 11.6. The molecule has 2 rings (SSSR count). The maximum atomic E-state index is 13.7. The molecule has 2 N–H and O–H groups in total. The van der Waals surface area contributed by atoms with Crippen molar-refractivity contribution in [1.29, 1.82) is 5.26 Å². The number of nitrogens with zero attached hydrogens (tertiary/aromatic N) is 2. The molecule has 0 fully saturated rings. The van der Waals surface area contributed by atoms with Gasteiger partial charge >= 0.3 is 5.97 Å². The van der Waals surface area contributed by atoms with E-state index < -0.39 is 11.8 Å². The number of carbonyl (C=O) groups excluding carboxylic acids is 1. The first-order chi connectivity index (χ1) is 9.55. The number of benzene rings is 1. The van der Waals surface area contributed by atoms with E-state index in [4.69, 9.17) is 11.0 Å². The molecule has 20 heavy (non-hydrogen) atoms. The van der Waals surface area contributed by atoms with E-state index in [1.165, 1.54) is 42.1 Å². The molecule has 0 bridgehead atoms. The van der Waals surface area contributed by atoms with Gasteiger partial charge in [-0.25, -0.2) is 9.18 Å². The second-order valence-corrected chi connectivity index (χ2v) is 4.20. The van der Waals surface area contributed by atoms with E-state index in [-0.39, 0.29) is 12.2 Å². The lowest BCUT2D eigenvalue weighted by atomic mass is 10.1. The van der Waals surface area contributed by atoms with Crippen molar-refractivity contribution >= 4 is 11.7 Å². The molecule has 0 saturated heterocycles. The van der Waals surface area contributed by atoms with Crippen molar-refractivity contribution in [3.63, 3.8) is 0 Å². The van der Waals surface area contributed by atoms with Crippen LogP contribution in [0.15, 0.2) is 30.5 Å². The summed E-state index contributed by atoms with van der Waals surface area (Å²) in [6, 6.07) is 7.45. The Morgan fingerprint density at radius 3 is 2.90 bits per heavy atom. The summed E-state index contributed by atoms with van der Waals surface area (Å²) >= 11 is 0. The molecule has 0 saturated carbocycles. The van der Waals surface area contributed by atoms with E-state index in [0.717, 1.165) is 0 Å². The molecule has 5 nitrogen and oxygen atoms in total. The third-order valence-corrected chi connectivity index (χ3v) is 2.83. The molecule has 0 aliphatic carbocycles. The Morgan fingerprint density at radius 2 is 2.25 bits per heavy atom. The number of methoxy groups -OCH3 is 1. The third kappa shape index (κ3) is 2.62. The quantitative estimate of drug-likeness (QED) is 0.866. The average molecular weight is 273 g/mol. The summed E-state index contributed by atoms with van der Waals surface area (Å²) in [6.07, 6.45) is 1.52. The van der Waals surface area contributed by atoms with Gasteiger partial charge in [0, 0.05) is 11.8 Å². The minimum Gasteiger partial charge on any atom is -0.464 e. The molecular weight excluding hydrogens is 261 g/mol.